The Balaban J connectivity index is 1.10. The molecule has 0 radical (unpaired) electrons. The van der Waals surface area contributed by atoms with E-state index in [4.69, 9.17) is 4.84 Å². The highest BCUT2D eigenvalue weighted by Gasteiger charge is 2.41. The Labute approximate surface area is 222 Å². The van der Waals surface area contributed by atoms with Crippen LogP contribution in [0, 0.1) is 23.2 Å². The van der Waals surface area contributed by atoms with E-state index in [-0.39, 0.29) is 53.5 Å². The van der Waals surface area contributed by atoms with Crippen molar-refractivity contribution in [2.24, 2.45) is 23.2 Å². The first-order valence-corrected chi connectivity index (χ1v) is 14.0. The lowest BCUT2D eigenvalue weighted by atomic mass is 9.76. The van der Waals surface area contributed by atoms with E-state index < -0.39 is 12.5 Å². The second-order valence-corrected chi connectivity index (χ2v) is 12.0. The number of nitrogens with one attached hydrogen (secondary N) is 6. The molecule has 2 aliphatic heterocycles. The van der Waals surface area contributed by atoms with Crippen molar-refractivity contribution in [1.82, 2.24) is 32.3 Å². The number of hydrogen-bond donors (Lipinski definition) is 6. The highest BCUT2D eigenvalue weighted by molar-refractivity contribution is 5.79. The lowest BCUT2D eigenvalue weighted by Crippen LogP contribution is -2.65. The second-order valence-electron chi connectivity index (χ2n) is 12.0. The Morgan fingerprint density at radius 3 is 2.55 bits per heavy atom. The molecule has 0 bridgehead atoms. The van der Waals surface area contributed by atoms with Gasteiger partial charge in [0.05, 0.1) is 18.4 Å². The van der Waals surface area contributed by atoms with Gasteiger partial charge in [-0.15, -0.1) is 13.2 Å². The Morgan fingerprint density at radius 1 is 1.08 bits per heavy atom. The summed E-state index contributed by atoms with van der Waals surface area (Å²) >= 11 is 0. The van der Waals surface area contributed by atoms with E-state index in [0.717, 1.165) is 25.7 Å². The van der Waals surface area contributed by atoms with E-state index in [9.17, 15) is 22.8 Å². The summed E-state index contributed by atoms with van der Waals surface area (Å²) < 4.78 is 41.4. The summed E-state index contributed by atoms with van der Waals surface area (Å²) in [5.74, 6) is 0.509. The maximum atomic E-state index is 12.5. The van der Waals surface area contributed by atoms with Crippen molar-refractivity contribution in [3.05, 3.63) is 0 Å². The fourth-order valence-electron chi connectivity index (χ4n) is 6.10. The van der Waals surface area contributed by atoms with Crippen molar-refractivity contribution >= 4 is 11.8 Å². The van der Waals surface area contributed by atoms with Gasteiger partial charge in [0.1, 0.15) is 6.23 Å². The third kappa shape index (κ3) is 8.49. The van der Waals surface area contributed by atoms with E-state index in [2.05, 4.69) is 50.9 Å². The summed E-state index contributed by atoms with van der Waals surface area (Å²) in [6.45, 7) is 5.36. The molecule has 13 heteroatoms. The van der Waals surface area contributed by atoms with Crippen LogP contribution in [-0.2, 0) is 19.2 Å². The van der Waals surface area contributed by atoms with Gasteiger partial charge < -0.3 is 5.32 Å². The third-order valence-electron chi connectivity index (χ3n) is 8.33. The molecule has 2 saturated carbocycles. The van der Waals surface area contributed by atoms with Crippen LogP contribution in [0.15, 0.2) is 0 Å². The maximum absolute atomic E-state index is 12.5. The number of fused-ring (bicyclic) bond motifs is 1. The molecule has 0 aromatic rings. The lowest BCUT2D eigenvalue weighted by molar-refractivity contribution is -0.345. The summed E-state index contributed by atoms with van der Waals surface area (Å²) in [7, 11) is 0. The Kier molecular flexibility index (Phi) is 9.91. The van der Waals surface area contributed by atoms with Gasteiger partial charge in [-0.25, -0.2) is 5.43 Å². The normalized spacial score (nSPS) is 34.4. The molecule has 5 atom stereocenters. The number of hydroxylamine groups is 1. The van der Waals surface area contributed by atoms with Crippen LogP contribution < -0.4 is 32.3 Å². The molecule has 38 heavy (non-hydrogen) atoms. The van der Waals surface area contributed by atoms with Gasteiger partial charge in [-0.3, -0.25) is 35.2 Å². The molecule has 4 rings (SSSR count). The number of carbonyl (C=O) groups is 2. The molecule has 4 aliphatic rings. The minimum atomic E-state index is -4.59. The van der Waals surface area contributed by atoms with Crippen LogP contribution in [0.1, 0.15) is 78.1 Å². The quantitative estimate of drug-likeness (QED) is 0.245. The molecular formula is C25H43F3N6O4. The zero-order valence-electron chi connectivity index (χ0n) is 22.3. The van der Waals surface area contributed by atoms with Gasteiger partial charge in [-0.2, -0.15) is 5.48 Å². The average molecular weight is 549 g/mol. The van der Waals surface area contributed by atoms with Gasteiger partial charge in [-0.05, 0) is 56.3 Å². The largest absolute Gasteiger partial charge is 0.522 e. The molecule has 218 valence electrons. The highest BCUT2D eigenvalue weighted by Crippen LogP contribution is 2.34. The van der Waals surface area contributed by atoms with Crippen LogP contribution in [0.4, 0.5) is 13.2 Å². The highest BCUT2D eigenvalue weighted by atomic mass is 19.4. The van der Waals surface area contributed by atoms with Gasteiger partial charge in [-0.1, -0.05) is 26.7 Å². The number of hydrazine groups is 1. The number of hydrogen-bond acceptors (Lipinski definition) is 8. The molecule has 2 amide bonds. The predicted molar refractivity (Wildman–Crippen MR) is 132 cm³/mol. The summed E-state index contributed by atoms with van der Waals surface area (Å²) in [6, 6.07) is 0. The van der Waals surface area contributed by atoms with Gasteiger partial charge in [0.15, 0.2) is 0 Å². The number of alkyl halides is 3. The Morgan fingerprint density at radius 2 is 1.82 bits per heavy atom. The van der Waals surface area contributed by atoms with E-state index in [0.29, 0.717) is 51.6 Å². The first kappa shape index (κ1) is 29.5. The van der Waals surface area contributed by atoms with Crippen molar-refractivity contribution in [2.75, 3.05) is 13.1 Å². The van der Waals surface area contributed by atoms with Crippen molar-refractivity contribution in [1.29, 1.82) is 0 Å². The first-order valence-electron chi connectivity index (χ1n) is 14.0. The van der Waals surface area contributed by atoms with Crippen LogP contribution in [0.3, 0.4) is 0 Å². The molecular weight excluding hydrogens is 505 g/mol. The molecule has 0 aromatic carbocycles. The zero-order chi connectivity index (χ0) is 27.3. The first-order chi connectivity index (χ1) is 18.0. The third-order valence-corrected chi connectivity index (χ3v) is 8.33. The predicted octanol–water partition coefficient (Wildman–Crippen LogP) is 2.14. The number of halogens is 3. The maximum Gasteiger partial charge on any atom is 0.522 e. The number of carbonyl (C=O) groups excluding carboxylic acids is 2. The molecule has 4 fully saturated rings. The monoisotopic (exact) mass is 548 g/mol. The number of rotatable bonds is 10. The molecule has 0 aromatic heterocycles. The molecule has 2 aliphatic carbocycles. The Bertz CT molecular complexity index is 808. The van der Waals surface area contributed by atoms with Crippen molar-refractivity contribution in [2.45, 2.75) is 109 Å². The minimum absolute atomic E-state index is 0.0197. The Hall–Kier alpha value is -1.51. The standard InChI is InChI=1S/C25H43F3N6O4/c1-24(2,14-30-22-17-5-3-4-6-18(17)23(36)33-32-22)13-29-19(35)11-12-20-31-21(34-38-20)15-7-9-16(10-8-15)37-25(26,27)28/h15-18,20-22,30-32,34H,3-14H2,1-2H3,(H,29,35)(H,33,36). The van der Waals surface area contributed by atoms with E-state index >= 15 is 0 Å². The fourth-order valence-corrected chi connectivity index (χ4v) is 6.10. The summed E-state index contributed by atoms with van der Waals surface area (Å²) in [6.07, 6.45) is 1.06. The van der Waals surface area contributed by atoms with Crippen molar-refractivity contribution in [3.63, 3.8) is 0 Å². The van der Waals surface area contributed by atoms with E-state index in [1.165, 1.54) is 0 Å². The summed E-state index contributed by atoms with van der Waals surface area (Å²) in [4.78, 5) is 30.2. The molecule has 2 heterocycles. The van der Waals surface area contributed by atoms with Gasteiger partial charge >= 0.3 is 6.36 Å². The topological polar surface area (TPSA) is 125 Å². The zero-order valence-corrected chi connectivity index (χ0v) is 22.3. The molecule has 10 nitrogen and oxygen atoms in total. The minimum Gasteiger partial charge on any atom is -0.356 e. The van der Waals surface area contributed by atoms with Crippen LogP contribution >= 0.6 is 0 Å². The summed E-state index contributed by atoms with van der Waals surface area (Å²) in [5, 5.41) is 9.88. The molecule has 2 saturated heterocycles. The van der Waals surface area contributed by atoms with Crippen LogP contribution in [0.5, 0.6) is 0 Å². The molecule has 0 spiro atoms. The number of amides is 2. The van der Waals surface area contributed by atoms with Crippen LogP contribution in [0.25, 0.3) is 0 Å². The molecule has 5 unspecified atom stereocenters. The fraction of sp³-hybridized carbons (Fsp3) is 0.920. The van der Waals surface area contributed by atoms with Gasteiger partial charge in [0, 0.05) is 31.3 Å². The van der Waals surface area contributed by atoms with E-state index in [1.54, 1.807) is 0 Å². The second kappa shape index (κ2) is 12.8. The summed E-state index contributed by atoms with van der Waals surface area (Å²) in [5.41, 5.74) is 8.68. The van der Waals surface area contributed by atoms with Crippen LogP contribution in [-0.4, -0.2) is 55.9 Å². The SMILES string of the molecule is CC(C)(CNC(=O)CCC1NC(C2CCC(OC(F)(F)F)CC2)NO1)CNC1NNC(=O)C2CCCCC12. The molecule has 6 N–H and O–H groups in total. The van der Waals surface area contributed by atoms with Crippen molar-refractivity contribution < 1.29 is 32.3 Å². The lowest BCUT2D eigenvalue weighted by Gasteiger charge is -2.42. The van der Waals surface area contributed by atoms with E-state index in [1.807, 2.05) is 0 Å². The van der Waals surface area contributed by atoms with Gasteiger partial charge in [0.2, 0.25) is 11.8 Å². The average Bonchev–Trinajstić information content (AvgIpc) is 3.35. The van der Waals surface area contributed by atoms with Crippen LogP contribution in [0.2, 0.25) is 0 Å². The smallest absolute Gasteiger partial charge is 0.356 e. The van der Waals surface area contributed by atoms with Crippen molar-refractivity contribution in [3.8, 4) is 0 Å². The number of ether oxygens (including phenoxy) is 1. The van der Waals surface area contributed by atoms with Gasteiger partial charge in [0.25, 0.3) is 0 Å².